The Morgan fingerprint density at radius 1 is 1.03 bits per heavy atom. The van der Waals surface area contributed by atoms with Crippen molar-refractivity contribution in [1.82, 2.24) is 24.3 Å². The Labute approximate surface area is 206 Å². The molecule has 0 spiro atoms. The van der Waals surface area contributed by atoms with Crippen LogP contribution in [0.1, 0.15) is 27.7 Å². The normalized spacial score (nSPS) is 21.2. The maximum absolute atomic E-state index is 12.5. The summed E-state index contributed by atoms with van der Waals surface area (Å²) >= 11 is 0. The van der Waals surface area contributed by atoms with Gasteiger partial charge in [0.2, 0.25) is 10.0 Å². The van der Waals surface area contributed by atoms with Crippen LogP contribution >= 0.6 is 24.0 Å². The Morgan fingerprint density at radius 2 is 1.65 bits per heavy atom. The van der Waals surface area contributed by atoms with Crippen LogP contribution < -0.4 is 5.32 Å². The third-order valence-electron chi connectivity index (χ3n) is 5.97. The van der Waals surface area contributed by atoms with E-state index >= 15 is 0 Å². The summed E-state index contributed by atoms with van der Waals surface area (Å²) in [6.07, 6.45) is 0.0457. The van der Waals surface area contributed by atoms with Crippen molar-refractivity contribution >= 4 is 40.0 Å². The molecule has 31 heavy (non-hydrogen) atoms. The van der Waals surface area contributed by atoms with E-state index in [4.69, 9.17) is 4.74 Å². The highest BCUT2D eigenvalue weighted by Gasteiger charge is 2.28. The number of hydrogen-bond acceptors (Lipinski definition) is 6. The van der Waals surface area contributed by atoms with Crippen LogP contribution in [0.5, 0.6) is 0 Å². The van der Waals surface area contributed by atoms with Crippen LogP contribution in [0.2, 0.25) is 0 Å². The highest BCUT2D eigenvalue weighted by Crippen LogP contribution is 2.10. The largest absolute Gasteiger partial charge is 0.378 e. The number of likely N-dealkylation sites (N-methyl/N-ethyl adjacent to an activating group) is 1. The minimum Gasteiger partial charge on any atom is -0.378 e. The zero-order chi connectivity index (χ0) is 22.1. The molecule has 2 aliphatic rings. The van der Waals surface area contributed by atoms with Crippen molar-refractivity contribution in [2.24, 2.45) is 4.99 Å². The summed E-state index contributed by atoms with van der Waals surface area (Å²) in [6, 6.07) is 0.434. The van der Waals surface area contributed by atoms with Crippen LogP contribution in [0.4, 0.5) is 0 Å². The summed E-state index contributed by atoms with van der Waals surface area (Å²) in [5.74, 6) is 0.898. The van der Waals surface area contributed by atoms with Crippen LogP contribution in [0.25, 0.3) is 0 Å². The minimum atomic E-state index is -3.27. The second kappa shape index (κ2) is 14.1. The molecule has 11 heteroatoms. The van der Waals surface area contributed by atoms with E-state index in [1.807, 2.05) is 13.8 Å². The Balaban J connectivity index is 0.00000480. The minimum absolute atomic E-state index is 0. The SMILES string of the molecule is CCN1CCN(C(C)CNC(=NC)N2CCN(S(=O)(=O)CCOC(C)C)CC2)CC1.I. The molecule has 1 atom stereocenters. The topological polar surface area (TPSA) is 80.7 Å². The summed E-state index contributed by atoms with van der Waals surface area (Å²) in [4.78, 5) is 11.6. The van der Waals surface area contributed by atoms with Crippen molar-refractivity contribution in [1.29, 1.82) is 0 Å². The van der Waals surface area contributed by atoms with Crippen molar-refractivity contribution in [3.05, 3.63) is 0 Å². The fourth-order valence-corrected chi connectivity index (χ4v) is 5.20. The first-order valence-electron chi connectivity index (χ1n) is 11.3. The maximum Gasteiger partial charge on any atom is 0.216 e. The zero-order valence-corrected chi connectivity index (χ0v) is 23.1. The molecule has 2 aliphatic heterocycles. The number of rotatable bonds is 9. The van der Waals surface area contributed by atoms with E-state index in [0.717, 1.165) is 45.2 Å². The molecular weight excluding hydrogens is 531 g/mol. The van der Waals surface area contributed by atoms with E-state index in [1.165, 1.54) is 0 Å². The molecule has 0 aromatic rings. The molecule has 0 aromatic heterocycles. The third kappa shape index (κ3) is 9.28. The van der Waals surface area contributed by atoms with Crippen molar-refractivity contribution in [3.63, 3.8) is 0 Å². The van der Waals surface area contributed by atoms with E-state index in [-0.39, 0.29) is 42.4 Å². The molecule has 1 N–H and O–H groups in total. The predicted molar refractivity (Wildman–Crippen MR) is 138 cm³/mol. The highest BCUT2D eigenvalue weighted by molar-refractivity contribution is 14.0. The first-order valence-corrected chi connectivity index (χ1v) is 12.9. The lowest BCUT2D eigenvalue weighted by molar-refractivity contribution is 0.0904. The Bertz CT molecular complexity index is 633. The summed E-state index contributed by atoms with van der Waals surface area (Å²) in [6.45, 7) is 17.2. The smallest absolute Gasteiger partial charge is 0.216 e. The van der Waals surface area contributed by atoms with Gasteiger partial charge in [0.05, 0.1) is 18.5 Å². The molecule has 0 amide bonds. The number of hydrogen-bond donors (Lipinski definition) is 1. The summed E-state index contributed by atoms with van der Waals surface area (Å²) in [5.41, 5.74) is 0. The zero-order valence-electron chi connectivity index (χ0n) is 19.9. The molecule has 0 saturated carbocycles. The van der Waals surface area contributed by atoms with Gasteiger partial charge in [0.1, 0.15) is 0 Å². The molecule has 0 bridgehead atoms. The van der Waals surface area contributed by atoms with Crippen molar-refractivity contribution < 1.29 is 13.2 Å². The number of guanidine groups is 1. The van der Waals surface area contributed by atoms with E-state index in [9.17, 15) is 8.42 Å². The molecule has 2 rings (SSSR count). The molecular formula is C20H43IN6O3S. The van der Waals surface area contributed by atoms with Gasteiger partial charge < -0.3 is 19.9 Å². The molecule has 2 fully saturated rings. The first kappa shape index (κ1) is 28.8. The van der Waals surface area contributed by atoms with Gasteiger partial charge in [-0.25, -0.2) is 8.42 Å². The van der Waals surface area contributed by atoms with E-state index in [1.54, 1.807) is 11.4 Å². The molecule has 0 radical (unpaired) electrons. The molecule has 2 heterocycles. The molecule has 1 unspecified atom stereocenters. The van der Waals surface area contributed by atoms with Crippen molar-refractivity contribution in [2.75, 3.05) is 84.9 Å². The van der Waals surface area contributed by atoms with Crippen LogP contribution in [0.15, 0.2) is 4.99 Å². The maximum atomic E-state index is 12.5. The Morgan fingerprint density at radius 3 is 2.16 bits per heavy atom. The molecule has 0 aliphatic carbocycles. The van der Waals surface area contributed by atoms with Gasteiger partial charge in [-0.15, -0.1) is 24.0 Å². The van der Waals surface area contributed by atoms with Gasteiger partial charge in [0.15, 0.2) is 5.96 Å². The molecule has 2 saturated heterocycles. The summed E-state index contributed by atoms with van der Waals surface area (Å²) in [7, 11) is -1.48. The lowest BCUT2D eigenvalue weighted by Crippen LogP contribution is -2.56. The molecule has 184 valence electrons. The van der Waals surface area contributed by atoms with Crippen LogP contribution in [-0.4, -0.2) is 130 Å². The lowest BCUT2D eigenvalue weighted by atomic mass is 10.2. The van der Waals surface area contributed by atoms with Gasteiger partial charge in [-0.3, -0.25) is 9.89 Å². The summed E-state index contributed by atoms with van der Waals surface area (Å²) in [5, 5.41) is 3.49. The van der Waals surface area contributed by atoms with Gasteiger partial charge in [-0.05, 0) is 27.3 Å². The summed E-state index contributed by atoms with van der Waals surface area (Å²) < 4.78 is 32.0. The van der Waals surface area contributed by atoms with Crippen molar-refractivity contribution in [3.8, 4) is 0 Å². The number of sulfonamides is 1. The quantitative estimate of drug-likeness (QED) is 0.245. The third-order valence-corrected chi connectivity index (χ3v) is 7.80. The van der Waals surface area contributed by atoms with Gasteiger partial charge in [-0.2, -0.15) is 4.31 Å². The van der Waals surface area contributed by atoms with Crippen LogP contribution in [-0.2, 0) is 14.8 Å². The number of piperazine rings is 2. The fraction of sp³-hybridized carbons (Fsp3) is 0.950. The highest BCUT2D eigenvalue weighted by atomic mass is 127. The van der Waals surface area contributed by atoms with Crippen molar-refractivity contribution in [2.45, 2.75) is 39.8 Å². The number of ether oxygens (including phenoxy) is 1. The van der Waals surface area contributed by atoms with Gasteiger partial charge in [0.25, 0.3) is 0 Å². The molecule has 9 nitrogen and oxygen atoms in total. The Kier molecular flexibility index (Phi) is 13.1. The van der Waals surface area contributed by atoms with Crippen LogP contribution in [0, 0.1) is 0 Å². The first-order chi connectivity index (χ1) is 14.3. The van der Waals surface area contributed by atoms with Gasteiger partial charge >= 0.3 is 0 Å². The predicted octanol–water partition coefficient (Wildman–Crippen LogP) is 0.578. The number of aliphatic imine (C=N–C) groups is 1. The Hall–Kier alpha value is -0.210. The van der Waals surface area contributed by atoms with E-state index < -0.39 is 10.0 Å². The number of halogens is 1. The standard InChI is InChI=1S/C20H42N6O3S.HI/c1-6-23-7-9-24(10-8-23)19(4)17-22-20(21-5)25-11-13-26(14-12-25)30(27,28)16-15-29-18(2)3;/h18-19H,6-17H2,1-5H3,(H,21,22);1H. The monoisotopic (exact) mass is 574 g/mol. The average Bonchev–Trinajstić information content (AvgIpc) is 2.74. The fourth-order valence-electron chi connectivity index (χ4n) is 3.92. The van der Waals surface area contributed by atoms with E-state index in [2.05, 4.69) is 38.9 Å². The van der Waals surface area contributed by atoms with E-state index in [0.29, 0.717) is 32.2 Å². The number of nitrogens with one attached hydrogen (secondary N) is 1. The average molecular weight is 575 g/mol. The second-order valence-electron chi connectivity index (χ2n) is 8.37. The lowest BCUT2D eigenvalue weighted by Gasteiger charge is -2.39. The van der Waals surface area contributed by atoms with Gasteiger partial charge in [-0.1, -0.05) is 6.92 Å². The van der Waals surface area contributed by atoms with Crippen LogP contribution in [0.3, 0.4) is 0 Å². The second-order valence-corrected chi connectivity index (χ2v) is 10.5. The van der Waals surface area contributed by atoms with Gasteiger partial charge in [0, 0.05) is 72.0 Å². The molecule has 0 aromatic carbocycles. The number of nitrogens with zero attached hydrogens (tertiary/aromatic N) is 5.